The molecule has 70 valence electrons. The van der Waals surface area contributed by atoms with Gasteiger partial charge in [0.05, 0.1) is 10.5 Å². The van der Waals surface area contributed by atoms with E-state index in [2.05, 4.69) is 4.98 Å². The van der Waals surface area contributed by atoms with E-state index in [0.717, 1.165) is 5.39 Å². The van der Waals surface area contributed by atoms with E-state index in [0.29, 0.717) is 10.5 Å². The maximum atomic E-state index is 10.9. The summed E-state index contributed by atoms with van der Waals surface area (Å²) in [5.74, 6) is 0. The fraction of sp³-hybridized carbons (Fsp3) is 0. The van der Waals surface area contributed by atoms with E-state index in [1.165, 1.54) is 6.07 Å². The summed E-state index contributed by atoms with van der Waals surface area (Å²) in [7, 11) is 0. The fourth-order valence-corrected chi connectivity index (χ4v) is 1.59. The highest BCUT2D eigenvalue weighted by molar-refractivity contribution is 6.67. The molecule has 2 aromatic rings. The minimum atomic E-state index is -0.599. The summed E-state index contributed by atoms with van der Waals surface area (Å²) >= 11 is 11.3. The molecular formula is C10H5Cl2NO. The molecule has 0 saturated heterocycles. The summed E-state index contributed by atoms with van der Waals surface area (Å²) in [6.45, 7) is 0. The first-order valence-electron chi connectivity index (χ1n) is 3.93. The highest BCUT2D eigenvalue weighted by Gasteiger charge is 2.07. The SMILES string of the molecule is O=C(Cl)c1cc(Cl)c2ccccc2n1. The molecule has 0 atom stereocenters. The van der Waals surface area contributed by atoms with Crippen molar-refractivity contribution in [1.82, 2.24) is 4.98 Å². The molecule has 0 N–H and O–H groups in total. The van der Waals surface area contributed by atoms with Crippen LogP contribution >= 0.6 is 23.2 Å². The lowest BCUT2D eigenvalue weighted by atomic mass is 10.2. The van der Waals surface area contributed by atoms with Crippen LogP contribution in [0, 0.1) is 0 Å². The van der Waals surface area contributed by atoms with Crippen LogP contribution in [0.5, 0.6) is 0 Å². The van der Waals surface area contributed by atoms with Gasteiger partial charge in [-0.05, 0) is 23.7 Å². The molecule has 0 amide bonds. The topological polar surface area (TPSA) is 30.0 Å². The zero-order valence-electron chi connectivity index (χ0n) is 7.00. The number of aromatic nitrogens is 1. The van der Waals surface area contributed by atoms with Gasteiger partial charge in [-0.15, -0.1) is 0 Å². The molecule has 1 heterocycles. The van der Waals surface area contributed by atoms with Crippen LogP contribution in [0.1, 0.15) is 10.5 Å². The molecule has 0 saturated carbocycles. The summed E-state index contributed by atoms with van der Waals surface area (Å²) < 4.78 is 0. The van der Waals surface area contributed by atoms with Crippen molar-refractivity contribution >= 4 is 39.3 Å². The quantitative estimate of drug-likeness (QED) is 0.698. The van der Waals surface area contributed by atoms with Crippen molar-refractivity contribution in [3.8, 4) is 0 Å². The van der Waals surface area contributed by atoms with Crippen molar-refractivity contribution in [3.05, 3.63) is 41.0 Å². The molecule has 0 aliphatic rings. The molecule has 1 aromatic heterocycles. The Labute approximate surface area is 90.5 Å². The van der Waals surface area contributed by atoms with E-state index >= 15 is 0 Å². The van der Waals surface area contributed by atoms with E-state index < -0.39 is 5.24 Å². The first-order chi connectivity index (χ1) is 6.68. The van der Waals surface area contributed by atoms with Gasteiger partial charge in [0, 0.05) is 5.39 Å². The number of fused-ring (bicyclic) bond motifs is 1. The molecule has 2 nitrogen and oxygen atoms in total. The molecular weight excluding hydrogens is 221 g/mol. The lowest BCUT2D eigenvalue weighted by Gasteiger charge is -2.00. The van der Waals surface area contributed by atoms with Gasteiger partial charge in [0.2, 0.25) is 0 Å². The number of pyridine rings is 1. The molecule has 0 aliphatic carbocycles. The zero-order valence-corrected chi connectivity index (χ0v) is 8.51. The molecule has 0 unspecified atom stereocenters. The third kappa shape index (κ3) is 1.59. The average Bonchev–Trinajstić information content (AvgIpc) is 2.17. The van der Waals surface area contributed by atoms with Crippen LogP contribution in [0.15, 0.2) is 30.3 Å². The maximum Gasteiger partial charge on any atom is 0.270 e. The van der Waals surface area contributed by atoms with Crippen molar-refractivity contribution in [3.63, 3.8) is 0 Å². The average molecular weight is 226 g/mol. The van der Waals surface area contributed by atoms with E-state index in [9.17, 15) is 4.79 Å². The molecule has 0 radical (unpaired) electrons. The molecule has 2 rings (SSSR count). The normalized spacial score (nSPS) is 10.4. The molecule has 0 bridgehead atoms. The van der Waals surface area contributed by atoms with Crippen LogP contribution in [0.2, 0.25) is 5.02 Å². The Balaban J connectivity index is 2.78. The second-order valence-corrected chi connectivity index (χ2v) is 3.53. The molecule has 4 heteroatoms. The fourth-order valence-electron chi connectivity index (χ4n) is 1.23. The lowest BCUT2D eigenvalue weighted by molar-refractivity contribution is 0.107. The van der Waals surface area contributed by atoms with Crippen LogP contribution < -0.4 is 0 Å². The van der Waals surface area contributed by atoms with Gasteiger partial charge in [-0.2, -0.15) is 0 Å². The number of nitrogens with zero attached hydrogens (tertiary/aromatic N) is 1. The van der Waals surface area contributed by atoms with Gasteiger partial charge in [-0.25, -0.2) is 4.98 Å². The van der Waals surface area contributed by atoms with Crippen molar-refractivity contribution < 1.29 is 4.79 Å². The van der Waals surface area contributed by atoms with E-state index in [-0.39, 0.29) is 5.69 Å². The third-order valence-corrected chi connectivity index (χ3v) is 2.37. The molecule has 14 heavy (non-hydrogen) atoms. The molecule has 1 aromatic carbocycles. The van der Waals surface area contributed by atoms with Crippen molar-refractivity contribution in [1.29, 1.82) is 0 Å². The van der Waals surface area contributed by atoms with E-state index in [4.69, 9.17) is 23.2 Å². The molecule has 0 fully saturated rings. The summed E-state index contributed by atoms with van der Waals surface area (Å²) in [4.78, 5) is 15.0. The second-order valence-electron chi connectivity index (χ2n) is 2.78. The van der Waals surface area contributed by atoms with Crippen molar-refractivity contribution in [2.24, 2.45) is 0 Å². The predicted octanol–water partition coefficient (Wildman–Crippen LogP) is 3.27. The molecule has 0 aliphatic heterocycles. The zero-order chi connectivity index (χ0) is 10.1. The summed E-state index contributed by atoms with van der Waals surface area (Å²) in [6.07, 6.45) is 0. The van der Waals surface area contributed by atoms with Crippen LogP contribution in [-0.2, 0) is 0 Å². The lowest BCUT2D eigenvalue weighted by Crippen LogP contribution is -1.94. The first-order valence-corrected chi connectivity index (χ1v) is 4.69. The number of carbonyl (C=O) groups excluding carboxylic acids is 1. The van der Waals surface area contributed by atoms with Crippen LogP contribution in [0.4, 0.5) is 0 Å². The Kier molecular flexibility index (Phi) is 2.40. The van der Waals surface area contributed by atoms with Gasteiger partial charge in [0.15, 0.2) is 0 Å². The Morgan fingerprint density at radius 1 is 1.29 bits per heavy atom. The number of benzene rings is 1. The van der Waals surface area contributed by atoms with Crippen molar-refractivity contribution in [2.45, 2.75) is 0 Å². The highest BCUT2D eigenvalue weighted by atomic mass is 35.5. The summed E-state index contributed by atoms with van der Waals surface area (Å²) in [5, 5.41) is 0.702. The Bertz CT molecular complexity index is 510. The number of halogens is 2. The minimum Gasteiger partial charge on any atom is -0.274 e. The second kappa shape index (κ2) is 3.56. The smallest absolute Gasteiger partial charge is 0.270 e. The monoisotopic (exact) mass is 225 g/mol. The number of para-hydroxylation sites is 1. The summed E-state index contributed by atoms with van der Waals surface area (Å²) in [5.41, 5.74) is 0.847. The number of hydrogen-bond donors (Lipinski definition) is 0. The van der Waals surface area contributed by atoms with E-state index in [1.807, 2.05) is 18.2 Å². The Hall–Kier alpha value is -1.12. The van der Waals surface area contributed by atoms with Gasteiger partial charge < -0.3 is 0 Å². The van der Waals surface area contributed by atoms with Gasteiger partial charge in [-0.3, -0.25) is 4.79 Å². The standard InChI is InChI=1S/C10H5Cl2NO/c11-7-5-9(10(12)14)13-8-4-2-1-3-6(7)8/h1-5H. The van der Waals surface area contributed by atoms with Crippen molar-refractivity contribution in [2.75, 3.05) is 0 Å². The highest BCUT2D eigenvalue weighted by Crippen LogP contribution is 2.23. The number of hydrogen-bond acceptors (Lipinski definition) is 2. The largest absolute Gasteiger partial charge is 0.274 e. The van der Waals surface area contributed by atoms with Gasteiger partial charge in [-0.1, -0.05) is 29.8 Å². The van der Waals surface area contributed by atoms with Crippen LogP contribution in [0.3, 0.4) is 0 Å². The van der Waals surface area contributed by atoms with Gasteiger partial charge in [0.1, 0.15) is 5.69 Å². The Morgan fingerprint density at radius 3 is 2.71 bits per heavy atom. The minimum absolute atomic E-state index is 0.176. The van der Waals surface area contributed by atoms with Crippen LogP contribution in [-0.4, -0.2) is 10.2 Å². The van der Waals surface area contributed by atoms with Crippen LogP contribution in [0.25, 0.3) is 10.9 Å². The first kappa shape index (κ1) is 9.44. The number of carbonyl (C=O) groups is 1. The maximum absolute atomic E-state index is 10.9. The van der Waals surface area contributed by atoms with Gasteiger partial charge >= 0.3 is 0 Å². The summed E-state index contributed by atoms with van der Waals surface area (Å²) in [6, 6.07) is 8.78. The molecule has 0 spiro atoms. The van der Waals surface area contributed by atoms with Gasteiger partial charge in [0.25, 0.3) is 5.24 Å². The number of rotatable bonds is 1. The Morgan fingerprint density at radius 2 is 2.00 bits per heavy atom. The third-order valence-electron chi connectivity index (χ3n) is 1.87. The predicted molar refractivity (Wildman–Crippen MR) is 56.9 cm³/mol. The van der Waals surface area contributed by atoms with E-state index in [1.54, 1.807) is 6.07 Å².